The summed E-state index contributed by atoms with van der Waals surface area (Å²) in [4.78, 5) is 22.7. The van der Waals surface area contributed by atoms with Gasteiger partial charge >= 0.3 is 0 Å². The molecule has 1 amide bonds. The molecule has 2 rings (SSSR count). The van der Waals surface area contributed by atoms with Crippen molar-refractivity contribution in [3.8, 4) is 0 Å². The number of hydrogen-bond acceptors (Lipinski definition) is 5. The third kappa shape index (κ3) is 4.28. The molecule has 1 aromatic heterocycles. The number of nitrogens with one attached hydrogen (secondary N) is 1. The molecule has 7 heteroatoms. The van der Waals surface area contributed by atoms with Crippen LogP contribution >= 0.6 is 11.6 Å². The molecule has 0 radical (unpaired) electrons. The van der Waals surface area contributed by atoms with Crippen LogP contribution in [0.15, 0.2) is 6.07 Å². The number of aromatic nitrogens is 2. The highest BCUT2D eigenvalue weighted by Gasteiger charge is 2.22. The SMILES string of the molecule is CC(Nc1cc(Cl)nc(C(C)C)n1)C(=O)N1CCOCC1. The molecule has 1 aliphatic heterocycles. The van der Waals surface area contributed by atoms with Gasteiger partial charge in [-0.05, 0) is 6.92 Å². The zero-order valence-corrected chi connectivity index (χ0v) is 13.4. The van der Waals surface area contributed by atoms with Gasteiger partial charge in [0.1, 0.15) is 22.8 Å². The Hall–Kier alpha value is -1.40. The minimum absolute atomic E-state index is 0.0409. The molecule has 116 valence electrons. The van der Waals surface area contributed by atoms with E-state index in [-0.39, 0.29) is 17.9 Å². The second-order valence-electron chi connectivity index (χ2n) is 5.39. The van der Waals surface area contributed by atoms with E-state index >= 15 is 0 Å². The van der Waals surface area contributed by atoms with Gasteiger partial charge in [-0.3, -0.25) is 4.79 Å². The van der Waals surface area contributed by atoms with Gasteiger partial charge in [-0.25, -0.2) is 9.97 Å². The highest BCUT2D eigenvalue weighted by molar-refractivity contribution is 6.29. The standard InChI is InChI=1S/C14H21ClN4O2/c1-9(2)13-17-11(15)8-12(18-13)16-10(3)14(20)19-4-6-21-7-5-19/h8-10H,4-7H2,1-3H3,(H,16,17,18). The van der Waals surface area contributed by atoms with Crippen LogP contribution in [0.5, 0.6) is 0 Å². The van der Waals surface area contributed by atoms with Crippen molar-refractivity contribution in [1.82, 2.24) is 14.9 Å². The number of carbonyl (C=O) groups excluding carboxylic acids is 1. The first-order valence-electron chi connectivity index (χ1n) is 7.15. The smallest absolute Gasteiger partial charge is 0.244 e. The van der Waals surface area contributed by atoms with E-state index in [1.807, 2.05) is 20.8 Å². The number of ether oxygens (including phenoxy) is 1. The van der Waals surface area contributed by atoms with E-state index in [1.165, 1.54) is 0 Å². The molecule has 0 aromatic carbocycles. The number of anilines is 1. The van der Waals surface area contributed by atoms with E-state index in [9.17, 15) is 4.79 Å². The van der Waals surface area contributed by atoms with Crippen LogP contribution in [-0.2, 0) is 9.53 Å². The number of amides is 1. The molecule has 1 unspecified atom stereocenters. The van der Waals surface area contributed by atoms with Gasteiger partial charge in [0.25, 0.3) is 0 Å². The lowest BCUT2D eigenvalue weighted by Crippen LogP contribution is -2.47. The maximum absolute atomic E-state index is 12.3. The molecule has 0 aliphatic carbocycles. The Balaban J connectivity index is 2.04. The van der Waals surface area contributed by atoms with Crippen molar-refractivity contribution < 1.29 is 9.53 Å². The van der Waals surface area contributed by atoms with Crippen LogP contribution in [0.1, 0.15) is 32.5 Å². The summed E-state index contributed by atoms with van der Waals surface area (Å²) in [5, 5.41) is 3.48. The Morgan fingerprint density at radius 3 is 2.62 bits per heavy atom. The second kappa shape index (κ2) is 7.04. The summed E-state index contributed by atoms with van der Waals surface area (Å²) in [6.07, 6.45) is 0. The minimum atomic E-state index is -0.367. The predicted molar refractivity (Wildman–Crippen MR) is 81.6 cm³/mol. The topological polar surface area (TPSA) is 67.4 Å². The van der Waals surface area contributed by atoms with E-state index in [0.29, 0.717) is 43.1 Å². The molecule has 2 heterocycles. The number of halogens is 1. The van der Waals surface area contributed by atoms with E-state index in [0.717, 1.165) is 0 Å². The largest absolute Gasteiger partial charge is 0.378 e. The average Bonchev–Trinajstić information content (AvgIpc) is 2.46. The number of morpholine rings is 1. The van der Waals surface area contributed by atoms with Crippen molar-refractivity contribution in [1.29, 1.82) is 0 Å². The number of rotatable bonds is 4. The highest BCUT2D eigenvalue weighted by Crippen LogP contribution is 2.18. The summed E-state index contributed by atoms with van der Waals surface area (Å²) < 4.78 is 5.25. The fourth-order valence-electron chi connectivity index (χ4n) is 2.11. The van der Waals surface area contributed by atoms with Crippen LogP contribution in [0.4, 0.5) is 5.82 Å². The molecule has 1 saturated heterocycles. The molecular formula is C14H21ClN4O2. The Bertz CT molecular complexity index is 504. The first kappa shape index (κ1) is 16.0. The molecular weight excluding hydrogens is 292 g/mol. The van der Waals surface area contributed by atoms with Crippen LogP contribution in [0.2, 0.25) is 5.15 Å². The van der Waals surface area contributed by atoms with Crippen LogP contribution < -0.4 is 5.32 Å². The minimum Gasteiger partial charge on any atom is -0.378 e. The van der Waals surface area contributed by atoms with Crippen LogP contribution in [0.3, 0.4) is 0 Å². The second-order valence-corrected chi connectivity index (χ2v) is 5.78. The van der Waals surface area contributed by atoms with Crippen molar-refractivity contribution in [2.45, 2.75) is 32.7 Å². The normalized spacial score (nSPS) is 16.9. The van der Waals surface area contributed by atoms with Gasteiger partial charge in [-0.2, -0.15) is 0 Å². The van der Waals surface area contributed by atoms with Gasteiger partial charge in [-0.15, -0.1) is 0 Å². The molecule has 1 N–H and O–H groups in total. The first-order valence-corrected chi connectivity index (χ1v) is 7.52. The molecule has 21 heavy (non-hydrogen) atoms. The zero-order valence-electron chi connectivity index (χ0n) is 12.6. The highest BCUT2D eigenvalue weighted by atomic mass is 35.5. The Kier molecular flexibility index (Phi) is 5.36. The fourth-order valence-corrected chi connectivity index (χ4v) is 2.30. The predicted octanol–water partition coefficient (Wildman–Crippen LogP) is 1.91. The van der Waals surface area contributed by atoms with Crippen molar-refractivity contribution in [2.24, 2.45) is 0 Å². The van der Waals surface area contributed by atoms with Gasteiger partial charge in [0.05, 0.1) is 13.2 Å². The van der Waals surface area contributed by atoms with Crippen molar-refractivity contribution >= 4 is 23.3 Å². The van der Waals surface area contributed by atoms with Crippen LogP contribution in [-0.4, -0.2) is 53.1 Å². The van der Waals surface area contributed by atoms with Gasteiger partial charge in [0.2, 0.25) is 5.91 Å². The lowest BCUT2D eigenvalue weighted by molar-refractivity contribution is -0.135. The van der Waals surface area contributed by atoms with Crippen LogP contribution in [0, 0.1) is 0 Å². The van der Waals surface area contributed by atoms with Gasteiger partial charge in [0.15, 0.2) is 0 Å². The van der Waals surface area contributed by atoms with Crippen LogP contribution in [0.25, 0.3) is 0 Å². The first-order chi connectivity index (χ1) is 9.97. The molecule has 1 aliphatic rings. The average molecular weight is 313 g/mol. The zero-order chi connectivity index (χ0) is 15.4. The summed E-state index contributed by atoms with van der Waals surface area (Å²) in [5.41, 5.74) is 0. The molecule has 1 fully saturated rings. The summed E-state index contributed by atoms with van der Waals surface area (Å²) in [6, 6.07) is 1.27. The molecule has 0 saturated carbocycles. The number of carbonyl (C=O) groups is 1. The lowest BCUT2D eigenvalue weighted by atomic mass is 10.2. The van der Waals surface area contributed by atoms with Crippen molar-refractivity contribution in [3.05, 3.63) is 17.0 Å². The Morgan fingerprint density at radius 1 is 1.33 bits per heavy atom. The molecule has 0 bridgehead atoms. The van der Waals surface area contributed by atoms with E-state index in [2.05, 4.69) is 15.3 Å². The summed E-state index contributed by atoms with van der Waals surface area (Å²) >= 11 is 6.00. The molecule has 6 nitrogen and oxygen atoms in total. The fraction of sp³-hybridized carbons (Fsp3) is 0.643. The monoisotopic (exact) mass is 312 g/mol. The molecule has 1 aromatic rings. The number of hydrogen-bond donors (Lipinski definition) is 1. The maximum Gasteiger partial charge on any atom is 0.244 e. The van der Waals surface area contributed by atoms with Crippen molar-refractivity contribution in [2.75, 3.05) is 31.6 Å². The summed E-state index contributed by atoms with van der Waals surface area (Å²) in [6.45, 7) is 8.27. The van der Waals surface area contributed by atoms with Gasteiger partial charge in [0, 0.05) is 25.1 Å². The van der Waals surface area contributed by atoms with E-state index in [1.54, 1.807) is 11.0 Å². The lowest BCUT2D eigenvalue weighted by Gasteiger charge is -2.29. The third-order valence-electron chi connectivity index (χ3n) is 3.29. The molecule has 0 spiro atoms. The van der Waals surface area contributed by atoms with Gasteiger partial charge in [-0.1, -0.05) is 25.4 Å². The number of nitrogens with zero attached hydrogens (tertiary/aromatic N) is 3. The quantitative estimate of drug-likeness (QED) is 0.860. The third-order valence-corrected chi connectivity index (χ3v) is 3.48. The molecule has 1 atom stereocenters. The van der Waals surface area contributed by atoms with E-state index in [4.69, 9.17) is 16.3 Å². The maximum atomic E-state index is 12.3. The Labute approximate surface area is 129 Å². The summed E-state index contributed by atoms with van der Waals surface area (Å²) in [7, 11) is 0. The van der Waals surface area contributed by atoms with E-state index < -0.39 is 0 Å². The van der Waals surface area contributed by atoms with Crippen molar-refractivity contribution in [3.63, 3.8) is 0 Å². The summed E-state index contributed by atoms with van der Waals surface area (Å²) in [5.74, 6) is 1.46. The Morgan fingerprint density at radius 2 is 2.00 bits per heavy atom. The van der Waals surface area contributed by atoms with Gasteiger partial charge < -0.3 is 15.0 Å².